The van der Waals surface area contributed by atoms with Crippen LogP contribution in [0, 0.1) is 12.3 Å². The first kappa shape index (κ1) is 9.53. The number of rotatable bonds is 3. The van der Waals surface area contributed by atoms with E-state index in [1.165, 1.54) is 0 Å². The van der Waals surface area contributed by atoms with Gasteiger partial charge in [-0.2, -0.15) is 0 Å². The Kier molecular flexibility index (Phi) is 3.54. The summed E-state index contributed by atoms with van der Waals surface area (Å²) in [6, 6.07) is 0. The Balaban J connectivity index is 2.43. The summed E-state index contributed by atoms with van der Waals surface area (Å²) in [6.07, 6.45) is 5.55. The molecule has 12 heavy (non-hydrogen) atoms. The largest absolute Gasteiger partial charge is 0.377 e. The quantitative estimate of drug-likeness (QED) is 0.554. The summed E-state index contributed by atoms with van der Waals surface area (Å²) < 4.78 is 10.5. The standard InChI is InChI=1S/C9H15NO2/c1-4-5-10-6-8(11-2)9(7-10)12-3/h1,8-9H,5-7H2,2-3H3. The first-order valence-corrected chi connectivity index (χ1v) is 4.03. The van der Waals surface area contributed by atoms with Crippen molar-refractivity contribution in [1.29, 1.82) is 0 Å². The molecule has 3 heteroatoms. The summed E-state index contributed by atoms with van der Waals surface area (Å²) in [4.78, 5) is 2.16. The lowest BCUT2D eigenvalue weighted by Gasteiger charge is -2.13. The molecule has 1 fully saturated rings. The predicted octanol–water partition coefficient (Wildman–Crippen LogP) is -0.0348. The zero-order valence-electron chi connectivity index (χ0n) is 7.62. The predicted molar refractivity (Wildman–Crippen MR) is 46.9 cm³/mol. The normalized spacial score (nSPS) is 30.4. The van der Waals surface area contributed by atoms with Crippen molar-refractivity contribution in [2.75, 3.05) is 33.9 Å². The summed E-state index contributed by atoms with van der Waals surface area (Å²) >= 11 is 0. The van der Waals surface area contributed by atoms with Crippen LogP contribution >= 0.6 is 0 Å². The minimum atomic E-state index is 0.170. The molecule has 2 atom stereocenters. The van der Waals surface area contributed by atoms with E-state index in [4.69, 9.17) is 15.9 Å². The first-order valence-electron chi connectivity index (χ1n) is 4.03. The van der Waals surface area contributed by atoms with Gasteiger partial charge >= 0.3 is 0 Å². The average molecular weight is 169 g/mol. The SMILES string of the molecule is C#CCN1CC(OC)C(OC)C1. The van der Waals surface area contributed by atoms with Crippen molar-refractivity contribution in [3.8, 4) is 12.3 Å². The van der Waals surface area contributed by atoms with Gasteiger partial charge < -0.3 is 9.47 Å². The molecule has 0 aromatic carbocycles. The van der Waals surface area contributed by atoms with Crippen LogP contribution < -0.4 is 0 Å². The maximum absolute atomic E-state index is 5.26. The third kappa shape index (κ3) is 1.98. The maximum atomic E-state index is 5.26. The number of hydrogen-bond donors (Lipinski definition) is 0. The highest BCUT2D eigenvalue weighted by Gasteiger charge is 2.32. The molecule has 0 bridgehead atoms. The Morgan fingerprint density at radius 1 is 1.33 bits per heavy atom. The summed E-state index contributed by atoms with van der Waals surface area (Å²) in [5.41, 5.74) is 0. The second kappa shape index (κ2) is 4.46. The highest BCUT2D eigenvalue weighted by atomic mass is 16.5. The minimum absolute atomic E-state index is 0.170. The van der Waals surface area contributed by atoms with Gasteiger partial charge in [-0.25, -0.2) is 0 Å². The van der Waals surface area contributed by atoms with Crippen LogP contribution in [0.4, 0.5) is 0 Å². The lowest BCUT2D eigenvalue weighted by Crippen LogP contribution is -2.27. The molecule has 0 radical (unpaired) electrons. The van der Waals surface area contributed by atoms with Crippen LogP contribution in [0.15, 0.2) is 0 Å². The van der Waals surface area contributed by atoms with Gasteiger partial charge in [0.05, 0.1) is 18.8 Å². The third-order valence-electron chi connectivity index (χ3n) is 2.21. The Morgan fingerprint density at radius 2 is 1.83 bits per heavy atom. The van der Waals surface area contributed by atoms with Gasteiger partial charge in [-0.1, -0.05) is 5.92 Å². The molecular formula is C9H15NO2. The van der Waals surface area contributed by atoms with Gasteiger partial charge in [0, 0.05) is 27.3 Å². The van der Waals surface area contributed by atoms with E-state index < -0.39 is 0 Å². The fourth-order valence-electron chi connectivity index (χ4n) is 1.53. The second-order valence-electron chi connectivity index (χ2n) is 2.95. The molecule has 1 aliphatic rings. The molecule has 68 valence electrons. The Hall–Kier alpha value is -0.560. The van der Waals surface area contributed by atoms with Crippen molar-refractivity contribution in [3.05, 3.63) is 0 Å². The Morgan fingerprint density at radius 3 is 2.17 bits per heavy atom. The minimum Gasteiger partial charge on any atom is -0.377 e. The molecule has 0 amide bonds. The molecule has 0 aromatic rings. The molecule has 1 aliphatic heterocycles. The molecule has 1 rings (SSSR count). The summed E-state index contributed by atoms with van der Waals surface area (Å²) in [6.45, 7) is 2.43. The zero-order valence-corrected chi connectivity index (χ0v) is 7.62. The Bertz CT molecular complexity index is 164. The maximum Gasteiger partial charge on any atom is 0.0972 e. The van der Waals surface area contributed by atoms with Gasteiger partial charge in [-0.05, 0) is 0 Å². The second-order valence-corrected chi connectivity index (χ2v) is 2.95. The monoisotopic (exact) mass is 169 g/mol. The first-order chi connectivity index (χ1) is 5.81. The number of hydrogen-bond acceptors (Lipinski definition) is 3. The topological polar surface area (TPSA) is 21.7 Å². The van der Waals surface area contributed by atoms with Crippen molar-refractivity contribution in [2.24, 2.45) is 0 Å². The number of likely N-dealkylation sites (tertiary alicyclic amines) is 1. The van der Waals surface area contributed by atoms with Crippen molar-refractivity contribution in [3.63, 3.8) is 0 Å². The number of methoxy groups -OCH3 is 2. The molecule has 0 saturated carbocycles. The number of terminal acetylenes is 1. The zero-order chi connectivity index (χ0) is 8.97. The van der Waals surface area contributed by atoms with Crippen molar-refractivity contribution in [1.82, 2.24) is 4.90 Å². The summed E-state index contributed by atoms with van der Waals surface area (Å²) in [5, 5.41) is 0. The third-order valence-corrected chi connectivity index (χ3v) is 2.21. The van der Waals surface area contributed by atoms with E-state index in [2.05, 4.69) is 10.8 Å². The van der Waals surface area contributed by atoms with Crippen LogP contribution in [0.3, 0.4) is 0 Å². The van der Waals surface area contributed by atoms with Crippen LogP contribution in [0.25, 0.3) is 0 Å². The molecule has 0 spiro atoms. The van der Waals surface area contributed by atoms with Crippen molar-refractivity contribution in [2.45, 2.75) is 12.2 Å². The Labute approximate surface area is 73.6 Å². The molecule has 0 aromatic heterocycles. The fraction of sp³-hybridized carbons (Fsp3) is 0.778. The fourth-order valence-corrected chi connectivity index (χ4v) is 1.53. The van der Waals surface area contributed by atoms with E-state index in [0.717, 1.165) is 13.1 Å². The van der Waals surface area contributed by atoms with Crippen molar-refractivity contribution >= 4 is 0 Å². The van der Waals surface area contributed by atoms with Gasteiger partial charge in [-0.15, -0.1) is 6.42 Å². The summed E-state index contributed by atoms with van der Waals surface area (Å²) in [7, 11) is 3.41. The molecule has 0 aliphatic carbocycles. The number of ether oxygens (including phenoxy) is 2. The molecule has 1 saturated heterocycles. The average Bonchev–Trinajstić information content (AvgIpc) is 2.48. The van der Waals surface area contributed by atoms with Crippen molar-refractivity contribution < 1.29 is 9.47 Å². The molecule has 0 N–H and O–H groups in total. The highest BCUT2D eigenvalue weighted by molar-refractivity contribution is 4.94. The molecular weight excluding hydrogens is 154 g/mol. The molecule has 3 nitrogen and oxygen atoms in total. The van der Waals surface area contributed by atoms with E-state index in [9.17, 15) is 0 Å². The molecule has 2 unspecified atom stereocenters. The van der Waals surface area contributed by atoms with Gasteiger partial charge in [-0.3, -0.25) is 4.90 Å². The lowest BCUT2D eigenvalue weighted by molar-refractivity contribution is -0.00461. The summed E-state index contributed by atoms with van der Waals surface area (Å²) in [5.74, 6) is 2.61. The van der Waals surface area contributed by atoms with Gasteiger partial charge in [0.2, 0.25) is 0 Å². The van der Waals surface area contributed by atoms with Gasteiger partial charge in [0.1, 0.15) is 0 Å². The van der Waals surface area contributed by atoms with E-state index in [-0.39, 0.29) is 12.2 Å². The molecule has 1 heterocycles. The van der Waals surface area contributed by atoms with Crippen LogP contribution in [-0.2, 0) is 9.47 Å². The smallest absolute Gasteiger partial charge is 0.0972 e. The van der Waals surface area contributed by atoms with Crippen LogP contribution in [0.1, 0.15) is 0 Å². The van der Waals surface area contributed by atoms with Gasteiger partial charge in [0.25, 0.3) is 0 Å². The van der Waals surface area contributed by atoms with E-state index in [1.807, 2.05) is 0 Å². The highest BCUT2D eigenvalue weighted by Crippen LogP contribution is 2.14. The van der Waals surface area contributed by atoms with Crippen LogP contribution in [-0.4, -0.2) is 51.0 Å². The van der Waals surface area contributed by atoms with E-state index in [1.54, 1.807) is 14.2 Å². The number of nitrogens with zero attached hydrogens (tertiary/aromatic N) is 1. The lowest BCUT2D eigenvalue weighted by atomic mass is 10.3. The van der Waals surface area contributed by atoms with Crippen LogP contribution in [0.2, 0.25) is 0 Å². The van der Waals surface area contributed by atoms with E-state index >= 15 is 0 Å². The van der Waals surface area contributed by atoms with E-state index in [0.29, 0.717) is 6.54 Å². The van der Waals surface area contributed by atoms with Crippen LogP contribution in [0.5, 0.6) is 0 Å². The van der Waals surface area contributed by atoms with Gasteiger partial charge in [0.15, 0.2) is 0 Å².